The molecule has 4 heteroatoms. The normalized spacial score (nSPS) is 12.3. The van der Waals surface area contributed by atoms with Crippen LogP contribution in [0.15, 0.2) is 12.1 Å². The van der Waals surface area contributed by atoms with Crippen molar-refractivity contribution < 1.29 is 4.39 Å². The first kappa shape index (κ1) is 15.8. The lowest BCUT2D eigenvalue weighted by atomic mass is 10.1. The van der Waals surface area contributed by atoms with Gasteiger partial charge in [0.15, 0.2) is 0 Å². The zero-order chi connectivity index (χ0) is 13.6. The zero-order valence-electron chi connectivity index (χ0n) is 11.7. The van der Waals surface area contributed by atoms with Crippen molar-refractivity contribution in [3.63, 3.8) is 0 Å². The third kappa shape index (κ3) is 4.30. The summed E-state index contributed by atoms with van der Waals surface area (Å²) in [6.07, 6.45) is 0. The second-order valence-corrected chi connectivity index (χ2v) is 4.04. The monoisotopic (exact) mass is 241 g/mol. The average molecular weight is 241 g/mol. The second kappa shape index (κ2) is 7.22. The molecule has 1 atom stereocenters. The fourth-order valence-electron chi connectivity index (χ4n) is 1.48. The van der Waals surface area contributed by atoms with E-state index in [0.29, 0.717) is 6.04 Å². The van der Waals surface area contributed by atoms with Crippen molar-refractivity contribution in [3.8, 4) is 0 Å². The fraction of sp³-hybridized carbons (Fsp3) is 0.615. The minimum Gasteiger partial charge on any atom is -0.383 e. The number of halogens is 1. The van der Waals surface area contributed by atoms with Crippen molar-refractivity contribution in [2.45, 2.75) is 46.7 Å². The smallest absolute Gasteiger partial charge is 0.214 e. The minimum atomic E-state index is -0.532. The first-order valence-corrected chi connectivity index (χ1v) is 6.07. The van der Waals surface area contributed by atoms with Gasteiger partial charge in [0.1, 0.15) is 5.82 Å². The molecule has 1 aromatic rings. The predicted octanol–water partition coefficient (Wildman–Crippen LogP) is 3.23. The summed E-state index contributed by atoms with van der Waals surface area (Å²) in [5, 5.41) is 0. The summed E-state index contributed by atoms with van der Waals surface area (Å²) in [4.78, 5) is 5.78. The number of anilines is 1. The highest BCUT2D eigenvalue weighted by Gasteiger charge is 2.17. The Hall–Kier alpha value is -1.16. The third-order valence-electron chi connectivity index (χ3n) is 2.80. The number of rotatable bonds is 3. The van der Waals surface area contributed by atoms with Crippen molar-refractivity contribution >= 4 is 5.82 Å². The second-order valence-electron chi connectivity index (χ2n) is 4.04. The Kier molecular flexibility index (Phi) is 6.73. The molecular weight excluding hydrogens is 217 g/mol. The van der Waals surface area contributed by atoms with Crippen LogP contribution in [-0.2, 0) is 0 Å². The minimum absolute atomic E-state index is 0.137. The van der Waals surface area contributed by atoms with Crippen LogP contribution in [0.25, 0.3) is 0 Å². The first-order chi connectivity index (χ1) is 7.93. The van der Waals surface area contributed by atoms with Crippen LogP contribution in [-0.4, -0.2) is 23.0 Å². The van der Waals surface area contributed by atoms with Gasteiger partial charge < -0.3 is 5.73 Å². The Morgan fingerprint density at radius 2 is 1.76 bits per heavy atom. The Morgan fingerprint density at radius 3 is 2.18 bits per heavy atom. The Balaban J connectivity index is 0.00000121. The van der Waals surface area contributed by atoms with Crippen molar-refractivity contribution in [1.82, 2.24) is 9.88 Å². The molecule has 1 heterocycles. The number of nitrogens with zero attached hydrogens (tertiary/aromatic N) is 2. The van der Waals surface area contributed by atoms with E-state index in [9.17, 15) is 4.39 Å². The van der Waals surface area contributed by atoms with Crippen LogP contribution in [0.1, 0.15) is 46.2 Å². The molecule has 0 radical (unpaired) electrons. The number of hydrogen-bond donors (Lipinski definition) is 1. The van der Waals surface area contributed by atoms with E-state index < -0.39 is 5.95 Å². The first-order valence-electron chi connectivity index (χ1n) is 6.07. The molecule has 0 aromatic carbocycles. The van der Waals surface area contributed by atoms with Crippen LogP contribution in [0, 0.1) is 5.95 Å². The molecule has 1 unspecified atom stereocenters. The number of hydrogen-bond acceptors (Lipinski definition) is 3. The SMILES string of the molecule is CC.CC(C)N(C)C(C)c1ccc(F)nc1N. The summed E-state index contributed by atoms with van der Waals surface area (Å²) in [6.45, 7) is 10.2. The van der Waals surface area contributed by atoms with Crippen LogP contribution < -0.4 is 5.73 Å². The number of pyridine rings is 1. The highest BCUT2D eigenvalue weighted by molar-refractivity contribution is 5.40. The number of nitrogen functional groups attached to an aromatic ring is 1. The summed E-state index contributed by atoms with van der Waals surface area (Å²) < 4.78 is 12.8. The van der Waals surface area contributed by atoms with Crippen LogP contribution in [0.2, 0.25) is 0 Å². The van der Waals surface area contributed by atoms with Crippen molar-refractivity contribution in [1.29, 1.82) is 0 Å². The van der Waals surface area contributed by atoms with Gasteiger partial charge in [-0.25, -0.2) is 4.98 Å². The molecule has 0 aliphatic carbocycles. The molecule has 2 N–H and O–H groups in total. The largest absolute Gasteiger partial charge is 0.383 e. The fourth-order valence-corrected chi connectivity index (χ4v) is 1.48. The molecule has 98 valence electrons. The van der Waals surface area contributed by atoms with E-state index in [1.165, 1.54) is 6.07 Å². The zero-order valence-corrected chi connectivity index (χ0v) is 11.7. The van der Waals surface area contributed by atoms with Crippen LogP contribution in [0.3, 0.4) is 0 Å². The summed E-state index contributed by atoms with van der Waals surface area (Å²) in [6, 6.07) is 3.58. The number of aromatic nitrogens is 1. The van der Waals surface area contributed by atoms with E-state index >= 15 is 0 Å². The Labute approximate surface area is 104 Å². The van der Waals surface area contributed by atoms with Gasteiger partial charge in [0, 0.05) is 17.6 Å². The molecule has 0 aliphatic heterocycles. The van der Waals surface area contributed by atoms with Gasteiger partial charge in [0.2, 0.25) is 5.95 Å². The quantitative estimate of drug-likeness (QED) is 0.826. The van der Waals surface area contributed by atoms with Crippen molar-refractivity contribution in [2.75, 3.05) is 12.8 Å². The molecule has 0 saturated carbocycles. The molecule has 3 nitrogen and oxygen atoms in total. The standard InChI is InChI=1S/C11H18FN3.C2H6/c1-7(2)15(4)8(3)9-5-6-10(12)14-11(9)13;1-2/h5-8H,1-4H3,(H2,13,14);1-2H3. The van der Waals surface area contributed by atoms with Crippen molar-refractivity contribution in [3.05, 3.63) is 23.6 Å². The molecule has 1 aromatic heterocycles. The summed E-state index contributed by atoms with van der Waals surface area (Å²) >= 11 is 0. The van der Waals surface area contributed by atoms with E-state index in [1.54, 1.807) is 6.07 Å². The van der Waals surface area contributed by atoms with Gasteiger partial charge in [-0.05, 0) is 40.0 Å². The van der Waals surface area contributed by atoms with Gasteiger partial charge in [-0.1, -0.05) is 13.8 Å². The van der Waals surface area contributed by atoms with Gasteiger partial charge >= 0.3 is 0 Å². The molecule has 0 spiro atoms. The van der Waals surface area contributed by atoms with Crippen LogP contribution >= 0.6 is 0 Å². The molecule has 0 aliphatic rings. The highest BCUT2D eigenvalue weighted by Crippen LogP contribution is 2.24. The maximum atomic E-state index is 12.8. The summed E-state index contributed by atoms with van der Waals surface area (Å²) in [7, 11) is 2.01. The average Bonchev–Trinajstić information content (AvgIpc) is 2.29. The van der Waals surface area contributed by atoms with E-state index in [2.05, 4.69) is 23.7 Å². The molecule has 17 heavy (non-hydrogen) atoms. The number of nitrogens with two attached hydrogens (primary N) is 1. The van der Waals surface area contributed by atoms with Gasteiger partial charge in [-0.2, -0.15) is 4.39 Å². The molecule has 1 rings (SSSR count). The van der Waals surface area contributed by atoms with Crippen LogP contribution in [0.4, 0.5) is 10.2 Å². The van der Waals surface area contributed by atoms with E-state index in [1.807, 2.05) is 27.8 Å². The van der Waals surface area contributed by atoms with Crippen molar-refractivity contribution in [2.24, 2.45) is 0 Å². The van der Waals surface area contributed by atoms with E-state index in [0.717, 1.165) is 5.56 Å². The maximum absolute atomic E-state index is 12.8. The van der Waals surface area contributed by atoms with Crippen LogP contribution in [0.5, 0.6) is 0 Å². The Morgan fingerprint density at radius 1 is 1.24 bits per heavy atom. The molecular formula is C13H24FN3. The molecule has 0 amide bonds. The molecule has 0 bridgehead atoms. The topological polar surface area (TPSA) is 42.2 Å². The Bertz CT molecular complexity index is 339. The summed E-state index contributed by atoms with van der Waals surface area (Å²) in [5.41, 5.74) is 6.55. The third-order valence-corrected chi connectivity index (χ3v) is 2.80. The molecule has 0 saturated heterocycles. The lowest BCUT2D eigenvalue weighted by Gasteiger charge is -2.29. The predicted molar refractivity (Wildman–Crippen MR) is 71.3 cm³/mol. The maximum Gasteiger partial charge on any atom is 0.214 e. The molecule has 0 fully saturated rings. The highest BCUT2D eigenvalue weighted by atomic mass is 19.1. The van der Waals surface area contributed by atoms with E-state index in [-0.39, 0.29) is 11.9 Å². The van der Waals surface area contributed by atoms with Gasteiger partial charge in [0.25, 0.3) is 0 Å². The van der Waals surface area contributed by atoms with Gasteiger partial charge in [-0.15, -0.1) is 0 Å². The van der Waals surface area contributed by atoms with E-state index in [4.69, 9.17) is 5.73 Å². The lowest BCUT2D eigenvalue weighted by Crippen LogP contribution is -2.29. The summed E-state index contributed by atoms with van der Waals surface area (Å²) in [5.74, 6) is -0.259. The van der Waals surface area contributed by atoms with Gasteiger partial charge in [0.05, 0.1) is 0 Å². The lowest BCUT2D eigenvalue weighted by molar-refractivity contribution is 0.210. The van der Waals surface area contributed by atoms with Gasteiger partial charge in [-0.3, -0.25) is 4.90 Å².